The zero-order chi connectivity index (χ0) is 29.6. The predicted octanol–water partition coefficient (Wildman–Crippen LogP) is 4.38. The second-order valence-corrected chi connectivity index (χ2v) is 9.80. The van der Waals surface area contributed by atoms with E-state index in [1.54, 1.807) is 59.4 Å². The molecule has 0 radical (unpaired) electrons. The lowest BCUT2D eigenvalue weighted by molar-refractivity contribution is -0.117. The Kier molecular flexibility index (Phi) is 8.60. The Hall–Kier alpha value is -5.01. The number of tetrazole rings is 1. The highest BCUT2D eigenvalue weighted by atomic mass is 35.5. The highest BCUT2D eigenvalue weighted by Crippen LogP contribution is 2.29. The summed E-state index contributed by atoms with van der Waals surface area (Å²) in [5.41, 5.74) is 3.90. The molecule has 3 aromatic heterocycles. The van der Waals surface area contributed by atoms with Crippen molar-refractivity contribution in [2.24, 2.45) is 7.05 Å². The van der Waals surface area contributed by atoms with Crippen LogP contribution in [0.1, 0.15) is 23.1 Å². The van der Waals surface area contributed by atoms with Gasteiger partial charge in [0.05, 0.1) is 18.8 Å². The molecular formula is C27H24Cl2N10O3. The Balaban J connectivity index is 1.40. The molecule has 1 atom stereocenters. The summed E-state index contributed by atoms with van der Waals surface area (Å²) in [7, 11) is 3.11. The number of hydrogen-bond donors (Lipinski definition) is 3. The number of benzene rings is 2. The van der Waals surface area contributed by atoms with Gasteiger partial charge in [-0.1, -0.05) is 35.3 Å². The second-order valence-electron chi connectivity index (χ2n) is 8.98. The van der Waals surface area contributed by atoms with Crippen LogP contribution < -0.4 is 10.6 Å². The van der Waals surface area contributed by atoms with Gasteiger partial charge in [-0.3, -0.25) is 14.8 Å². The molecule has 2 aromatic carbocycles. The van der Waals surface area contributed by atoms with Crippen LogP contribution in [-0.4, -0.2) is 59.1 Å². The molecule has 0 fully saturated rings. The molecule has 3 heterocycles. The van der Waals surface area contributed by atoms with E-state index in [2.05, 4.69) is 41.0 Å². The van der Waals surface area contributed by atoms with Gasteiger partial charge in [0.25, 0.3) is 0 Å². The summed E-state index contributed by atoms with van der Waals surface area (Å²) in [5.74, 6) is 0.0731. The van der Waals surface area contributed by atoms with Gasteiger partial charge in [0.1, 0.15) is 23.0 Å². The van der Waals surface area contributed by atoms with Crippen molar-refractivity contribution in [2.45, 2.75) is 12.5 Å². The summed E-state index contributed by atoms with van der Waals surface area (Å²) in [6, 6.07) is 13.4. The van der Waals surface area contributed by atoms with Crippen LogP contribution in [0.15, 0.2) is 67.1 Å². The van der Waals surface area contributed by atoms with Crippen molar-refractivity contribution in [1.82, 2.24) is 45.3 Å². The van der Waals surface area contributed by atoms with Gasteiger partial charge in [-0.25, -0.2) is 9.78 Å². The van der Waals surface area contributed by atoms with Crippen LogP contribution in [0.3, 0.4) is 0 Å². The molecule has 13 nitrogen and oxygen atoms in total. The maximum absolute atomic E-state index is 13.2. The van der Waals surface area contributed by atoms with Crippen LogP contribution in [0.5, 0.6) is 0 Å². The maximum atomic E-state index is 13.2. The van der Waals surface area contributed by atoms with Crippen molar-refractivity contribution in [3.8, 4) is 16.9 Å². The lowest BCUT2D eigenvalue weighted by Crippen LogP contribution is -2.30. The van der Waals surface area contributed by atoms with E-state index in [-0.39, 0.29) is 5.91 Å². The van der Waals surface area contributed by atoms with Crippen molar-refractivity contribution in [3.05, 3.63) is 94.4 Å². The Morgan fingerprint density at radius 1 is 1.14 bits per heavy atom. The SMILES string of the molecule is COC(=O)Nc1ccc(-c2nc(C(Cc3ccnn3C)NC(=O)C=Cc3cc(Cl)ccc3-n3cnnn3)[nH]c2Cl)cc1. The van der Waals surface area contributed by atoms with Gasteiger partial charge in [0, 0.05) is 53.3 Å². The van der Waals surface area contributed by atoms with E-state index in [1.807, 2.05) is 13.1 Å². The second kappa shape index (κ2) is 12.7. The van der Waals surface area contributed by atoms with Crippen LogP contribution in [0.2, 0.25) is 10.2 Å². The van der Waals surface area contributed by atoms with Crippen molar-refractivity contribution in [2.75, 3.05) is 12.4 Å². The van der Waals surface area contributed by atoms with Gasteiger partial charge in [-0.05, 0) is 52.9 Å². The number of aryl methyl sites for hydroxylation is 1. The van der Waals surface area contributed by atoms with E-state index < -0.39 is 12.1 Å². The van der Waals surface area contributed by atoms with E-state index >= 15 is 0 Å². The Morgan fingerprint density at radius 2 is 1.95 bits per heavy atom. The average molecular weight is 607 g/mol. The normalized spacial score (nSPS) is 11.9. The number of nitrogens with one attached hydrogen (secondary N) is 3. The number of anilines is 1. The maximum Gasteiger partial charge on any atom is 0.411 e. The van der Waals surface area contributed by atoms with Gasteiger partial charge >= 0.3 is 6.09 Å². The molecule has 1 unspecified atom stereocenters. The fourth-order valence-electron chi connectivity index (χ4n) is 4.16. The van der Waals surface area contributed by atoms with Gasteiger partial charge < -0.3 is 15.0 Å². The Morgan fingerprint density at radius 3 is 2.64 bits per heavy atom. The summed E-state index contributed by atoms with van der Waals surface area (Å²) in [6.45, 7) is 0. The number of rotatable bonds is 9. The molecule has 0 spiro atoms. The summed E-state index contributed by atoms with van der Waals surface area (Å²) >= 11 is 12.8. The Labute approximate surface area is 249 Å². The molecule has 0 aliphatic rings. The molecule has 15 heteroatoms. The van der Waals surface area contributed by atoms with Crippen molar-refractivity contribution < 1.29 is 14.3 Å². The molecule has 214 valence electrons. The summed E-state index contributed by atoms with van der Waals surface area (Å²) in [4.78, 5) is 32.5. The fourth-order valence-corrected chi connectivity index (χ4v) is 4.59. The molecule has 0 aliphatic heterocycles. The quantitative estimate of drug-likeness (QED) is 0.208. The number of aromatic nitrogens is 8. The number of H-pyrrole nitrogens is 1. The monoisotopic (exact) mass is 606 g/mol. The van der Waals surface area contributed by atoms with Crippen LogP contribution >= 0.6 is 23.2 Å². The molecule has 2 amide bonds. The van der Waals surface area contributed by atoms with E-state index in [0.29, 0.717) is 50.6 Å². The number of methoxy groups -OCH3 is 1. The van der Waals surface area contributed by atoms with Crippen molar-refractivity contribution >= 4 is 47.0 Å². The summed E-state index contributed by atoms with van der Waals surface area (Å²) in [5, 5.41) is 21.9. The van der Waals surface area contributed by atoms with Crippen LogP contribution in [0.25, 0.3) is 23.0 Å². The number of nitrogens with zero attached hydrogens (tertiary/aromatic N) is 7. The molecule has 0 aliphatic carbocycles. The molecule has 5 aromatic rings. The highest BCUT2D eigenvalue weighted by molar-refractivity contribution is 6.32. The molecule has 42 heavy (non-hydrogen) atoms. The number of ether oxygens (including phenoxy) is 1. The fraction of sp³-hybridized carbons (Fsp3) is 0.148. The van der Waals surface area contributed by atoms with Crippen LogP contribution in [0, 0.1) is 0 Å². The van der Waals surface area contributed by atoms with Gasteiger partial charge in [-0.2, -0.15) is 9.78 Å². The van der Waals surface area contributed by atoms with Crippen LogP contribution in [-0.2, 0) is 23.0 Å². The van der Waals surface area contributed by atoms with Crippen molar-refractivity contribution in [3.63, 3.8) is 0 Å². The first-order valence-corrected chi connectivity index (χ1v) is 13.3. The minimum Gasteiger partial charge on any atom is -0.453 e. The van der Waals surface area contributed by atoms with E-state index in [0.717, 1.165) is 5.69 Å². The average Bonchev–Trinajstić information content (AvgIpc) is 3.74. The number of aromatic amines is 1. The Bertz CT molecular complexity index is 1730. The minimum absolute atomic E-state index is 0.295. The molecular weight excluding hydrogens is 583 g/mol. The zero-order valence-electron chi connectivity index (χ0n) is 22.3. The van der Waals surface area contributed by atoms with Crippen LogP contribution in [0.4, 0.5) is 10.5 Å². The molecule has 0 bridgehead atoms. The molecule has 0 saturated heterocycles. The lowest BCUT2D eigenvalue weighted by Gasteiger charge is -2.16. The summed E-state index contributed by atoms with van der Waals surface area (Å²) < 4.78 is 7.82. The first kappa shape index (κ1) is 28.5. The molecule has 0 saturated carbocycles. The van der Waals surface area contributed by atoms with Gasteiger partial charge in [0.15, 0.2) is 0 Å². The third-order valence-electron chi connectivity index (χ3n) is 6.25. The first-order chi connectivity index (χ1) is 20.3. The van der Waals surface area contributed by atoms with Gasteiger partial charge in [0.2, 0.25) is 5.91 Å². The standard InChI is InChI=1S/C27H24Cl2N10O3/c1-38-20(11-12-31-38)14-21(26-34-24(25(29)35-26)16-3-7-19(8-4-16)32-27(41)42-2)33-23(40)10-5-17-13-18(28)6-9-22(17)39-15-30-36-37-39/h3-13,15,21H,14H2,1-2H3,(H,32,41)(H,33,40)(H,34,35). The minimum atomic E-state index is -0.581. The van der Waals surface area contributed by atoms with E-state index in [9.17, 15) is 9.59 Å². The number of carbonyl (C=O) groups is 2. The van der Waals surface area contributed by atoms with Gasteiger partial charge in [-0.15, -0.1) is 5.10 Å². The number of imidazole rings is 1. The number of halogens is 2. The first-order valence-electron chi connectivity index (χ1n) is 12.5. The van der Waals surface area contributed by atoms with Crippen molar-refractivity contribution in [1.29, 1.82) is 0 Å². The number of carbonyl (C=O) groups excluding carboxylic acids is 2. The topological polar surface area (TPSA) is 158 Å². The third-order valence-corrected chi connectivity index (χ3v) is 6.76. The lowest BCUT2D eigenvalue weighted by atomic mass is 10.1. The number of hydrogen-bond acceptors (Lipinski definition) is 8. The number of amides is 2. The highest BCUT2D eigenvalue weighted by Gasteiger charge is 2.22. The van der Waals surface area contributed by atoms with E-state index in [4.69, 9.17) is 28.2 Å². The smallest absolute Gasteiger partial charge is 0.411 e. The molecule has 5 rings (SSSR count). The third kappa shape index (κ3) is 6.65. The predicted molar refractivity (Wildman–Crippen MR) is 156 cm³/mol. The molecule has 3 N–H and O–H groups in total. The largest absolute Gasteiger partial charge is 0.453 e. The zero-order valence-corrected chi connectivity index (χ0v) is 23.8. The summed E-state index contributed by atoms with van der Waals surface area (Å²) in [6.07, 6.45) is 5.96. The van der Waals surface area contributed by atoms with E-state index in [1.165, 1.54) is 24.2 Å².